The minimum atomic E-state index is -2.61. The molecule has 0 unspecified atom stereocenters. The lowest BCUT2D eigenvalue weighted by molar-refractivity contribution is 0.477. The highest BCUT2D eigenvalue weighted by Crippen LogP contribution is 2.26. The fourth-order valence-corrected chi connectivity index (χ4v) is 2.55. The van der Waals surface area contributed by atoms with Gasteiger partial charge in [-0.15, -0.1) is 10.8 Å². The second-order valence-electron chi connectivity index (χ2n) is 4.53. The largest absolute Gasteiger partial charge is 0.384 e. The maximum Gasteiger partial charge on any atom is 0.0737 e. The molecule has 0 spiro atoms. The van der Waals surface area contributed by atoms with Gasteiger partial charge in [0.25, 0.3) is 0 Å². The van der Waals surface area contributed by atoms with E-state index in [2.05, 4.69) is 15.0 Å². The van der Waals surface area contributed by atoms with Gasteiger partial charge in [0.05, 0.1) is 5.52 Å². The van der Waals surface area contributed by atoms with Gasteiger partial charge in [0, 0.05) is 41.6 Å². The van der Waals surface area contributed by atoms with Gasteiger partial charge in [0.2, 0.25) is 0 Å². The Hall–Kier alpha value is -1.05. The Labute approximate surface area is 124 Å². The smallest absolute Gasteiger partial charge is 0.0737 e. The van der Waals surface area contributed by atoms with E-state index in [0.717, 1.165) is 29.6 Å². The molecule has 20 heavy (non-hydrogen) atoms. The molecule has 0 aliphatic carbocycles. The number of benzene rings is 1. The van der Waals surface area contributed by atoms with Crippen molar-refractivity contribution in [3.05, 3.63) is 35.5 Å². The minimum Gasteiger partial charge on any atom is -0.384 e. The van der Waals surface area contributed by atoms with Crippen molar-refractivity contribution in [3.8, 4) is 0 Å². The molecule has 1 heterocycles. The number of fused-ring (bicyclic) bond motifs is 1. The molecule has 0 fully saturated rings. The van der Waals surface area contributed by atoms with Crippen molar-refractivity contribution in [1.29, 1.82) is 0 Å². The van der Waals surface area contributed by atoms with Crippen LogP contribution in [0.3, 0.4) is 0 Å². The lowest BCUT2D eigenvalue weighted by atomic mass is 10.2. The molecule has 110 valence electrons. The molecule has 2 aromatic rings. The molecule has 1 aromatic heterocycles. The van der Waals surface area contributed by atoms with E-state index in [4.69, 9.17) is 11.6 Å². The molecule has 0 amide bonds. The fraction of sp³-hybridized carbons (Fsp3) is 0.308. The van der Waals surface area contributed by atoms with E-state index in [1.807, 2.05) is 24.3 Å². The number of nitrogens with zero attached hydrogens (tertiary/aromatic N) is 1. The first kappa shape index (κ1) is 15.3. The highest BCUT2D eigenvalue weighted by molar-refractivity contribution is 8.22. The second-order valence-corrected chi connectivity index (χ2v) is 6.92. The lowest BCUT2D eigenvalue weighted by Crippen LogP contribution is -2.21. The second kappa shape index (κ2) is 6.60. The van der Waals surface area contributed by atoms with E-state index >= 15 is 0 Å². The van der Waals surface area contributed by atoms with Crippen LogP contribution in [0.1, 0.15) is 6.42 Å². The normalized spacial score (nSPS) is 12.6. The van der Waals surface area contributed by atoms with E-state index in [-0.39, 0.29) is 0 Å². The van der Waals surface area contributed by atoms with Crippen molar-refractivity contribution in [2.24, 2.45) is 0 Å². The van der Waals surface area contributed by atoms with Gasteiger partial charge in [-0.1, -0.05) is 11.6 Å². The summed E-state index contributed by atoms with van der Waals surface area (Å²) in [5.74, 6) is 0. The van der Waals surface area contributed by atoms with Crippen molar-refractivity contribution in [2.45, 2.75) is 6.42 Å². The highest BCUT2D eigenvalue weighted by atomic mass is 35.5. The Morgan fingerprint density at radius 2 is 2.05 bits per heavy atom. The predicted molar refractivity (Wildman–Crippen MR) is 86.6 cm³/mol. The molecule has 0 radical (unpaired) electrons. The average molecular weight is 316 g/mol. The van der Waals surface area contributed by atoms with Crippen LogP contribution in [0.15, 0.2) is 30.5 Å². The summed E-state index contributed by atoms with van der Waals surface area (Å²) in [7, 11) is -2.61. The summed E-state index contributed by atoms with van der Waals surface area (Å²) in [5, 5.41) is 5.00. The number of rotatable bonds is 6. The molecule has 0 bridgehead atoms. The molecule has 5 nitrogen and oxygen atoms in total. The predicted octanol–water partition coefficient (Wildman–Crippen LogP) is 3.58. The zero-order valence-electron chi connectivity index (χ0n) is 11.1. The van der Waals surface area contributed by atoms with Crippen LogP contribution < -0.4 is 10.0 Å². The molecule has 2 rings (SSSR count). The SMILES string of the molecule is CS(O)(O)NCCCNc1ccnc2cc(Cl)ccc12. The third-order valence-corrected chi connectivity index (χ3v) is 3.74. The standard InChI is InChI=1S/C13H18ClN3O2S/c1-20(18,19)17-7-2-6-15-12-5-8-16-13-9-10(14)3-4-11(12)13/h3-5,8-9,17-19H,2,6-7H2,1H3,(H,15,16). The quantitative estimate of drug-likeness (QED) is 0.613. The first-order valence-corrected chi connectivity index (χ1v) is 8.55. The molecule has 0 aliphatic rings. The third kappa shape index (κ3) is 4.50. The summed E-state index contributed by atoms with van der Waals surface area (Å²) in [5.41, 5.74) is 1.85. The monoisotopic (exact) mass is 315 g/mol. The van der Waals surface area contributed by atoms with E-state index < -0.39 is 10.8 Å². The van der Waals surface area contributed by atoms with E-state index in [1.165, 1.54) is 6.26 Å². The summed E-state index contributed by atoms with van der Waals surface area (Å²) in [6.45, 7) is 1.27. The molecule has 0 aliphatic heterocycles. The van der Waals surface area contributed by atoms with Gasteiger partial charge < -0.3 is 5.32 Å². The molecule has 0 saturated carbocycles. The van der Waals surface area contributed by atoms with Crippen LogP contribution in [0, 0.1) is 0 Å². The summed E-state index contributed by atoms with van der Waals surface area (Å²) in [6.07, 6.45) is 3.89. The maximum atomic E-state index is 9.19. The summed E-state index contributed by atoms with van der Waals surface area (Å²) >= 11 is 5.95. The van der Waals surface area contributed by atoms with Crippen molar-refractivity contribution in [2.75, 3.05) is 24.7 Å². The van der Waals surface area contributed by atoms with Crippen molar-refractivity contribution >= 4 is 39.0 Å². The molecular formula is C13H18ClN3O2S. The van der Waals surface area contributed by atoms with Gasteiger partial charge in [-0.05, 0) is 30.7 Å². The third-order valence-electron chi connectivity index (χ3n) is 2.75. The van der Waals surface area contributed by atoms with Gasteiger partial charge in [-0.25, -0.2) is 4.72 Å². The van der Waals surface area contributed by atoms with Gasteiger partial charge >= 0.3 is 0 Å². The number of halogens is 1. The topological polar surface area (TPSA) is 77.4 Å². The number of aromatic nitrogens is 1. The van der Waals surface area contributed by atoms with Crippen LogP contribution in [0.5, 0.6) is 0 Å². The number of pyridine rings is 1. The number of nitrogens with one attached hydrogen (secondary N) is 2. The van der Waals surface area contributed by atoms with Crippen LogP contribution in [-0.4, -0.2) is 33.4 Å². The summed E-state index contributed by atoms with van der Waals surface area (Å²) in [6, 6.07) is 7.52. The Morgan fingerprint density at radius 1 is 1.25 bits per heavy atom. The Kier molecular flexibility index (Phi) is 5.06. The summed E-state index contributed by atoms with van der Waals surface area (Å²) in [4.78, 5) is 4.28. The van der Waals surface area contributed by atoms with Crippen molar-refractivity contribution in [3.63, 3.8) is 0 Å². The zero-order chi connectivity index (χ0) is 14.6. The molecule has 1 aromatic carbocycles. The first-order chi connectivity index (χ1) is 9.46. The summed E-state index contributed by atoms with van der Waals surface area (Å²) < 4.78 is 21.1. The van der Waals surface area contributed by atoms with Gasteiger partial charge in [0.1, 0.15) is 0 Å². The van der Waals surface area contributed by atoms with E-state index in [9.17, 15) is 9.11 Å². The van der Waals surface area contributed by atoms with Gasteiger partial charge in [-0.3, -0.25) is 14.1 Å². The fourth-order valence-electron chi connectivity index (χ4n) is 1.85. The number of hydrogen-bond acceptors (Lipinski definition) is 5. The highest BCUT2D eigenvalue weighted by Gasteiger charge is 2.03. The van der Waals surface area contributed by atoms with Crippen LogP contribution >= 0.6 is 22.4 Å². The molecule has 4 N–H and O–H groups in total. The molecule has 0 atom stereocenters. The first-order valence-electron chi connectivity index (χ1n) is 6.22. The van der Waals surface area contributed by atoms with Crippen LogP contribution in [-0.2, 0) is 0 Å². The maximum absolute atomic E-state index is 9.19. The van der Waals surface area contributed by atoms with Crippen molar-refractivity contribution < 1.29 is 9.11 Å². The Morgan fingerprint density at radius 3 is 2.80 bits per heavy atom. The van der Waals surface area contributed by atoms with E-state index in [0.29, 0.717) is 11.6 Å². The van der Waals surface area contributed by atoms with Crippen molar-refractivity contribution in [1.82, 2.24) is 9.71 Å². The Balaban J connectivity index is 1.93. The van der Waals surface area contributed by atoms with Gasteiger partial charge in [0.15, 0.2) is 0 Å². The van der Waals surface area contributed by atoms with Crippen LogP contribution in [0.4, 0.5) is 5.69 Å². The molecule has 7 heteroatoms. The average Bonchev–Trinajstić information content (AvgIpc) is 2.36. The number of hydrogen-bond donors (Lipinski definition) is 4. The minimum absolute atomic E-state index is 0.542. The van der Waals surface area contributed by atoms with Gasteiger partial charge in [-0.2, -0.15) is 0 Å². The van der Waals surface area contributed by atoms with Crippen LogP contribution in [0.2, 0.25) is 5.02 Å². The molecule has 0 saturated heterocycles. The molecular weight excluding hydrogens is 298 g/mol. The lowest BCUT2D eigenvalue weighted by Gasteiger charge is -2.27. The van der Waals surface area contributed by atoms with Crippen LogP contribution in [0.25, 0.3) is 10.9 Å². The zero-order valence-corrected chi connectivity index (χ0v) is 12.7. The Bertz CT molecular complexity index is 589. The van der Waals surface area contributed by atoms with E-state index in [1.54, 1.807) is 6.20 Å². The number of anilines is 1.